The van der Waals surface area contributed by atoms with Gasteiger partial charge in [-0.1, -0.05) is 328 Å². The molecule has 530 valence electrons. The number of benzene rings is 18. The molecule has 4 nitrogen and oxygen atoms in total. The van der Waals surface area contributed by atoms with Crippen LogP contribution in [-0.4, -0.2) is 0 Å². The molecule has 0 spiro atoms. The van der Waals surface area contributed by atoms with Gasteiger partial charge in [0, 0.05) is 68.2 Å². The number of anilines is 12. The van der Waals surface area contributed by atoms with Crippen LogP contribution < -0.4 is 19.6 Å². The molecule has 18 aromatic rings. The van der Waals surface area contributed by atoms with Crippen molar-refractivity contribution in [1.82, 2.24) is 0 Å². The molecule has 0 aliphatic rings. The van der Waals surface area contributed by atoms with Crippen LogP contribution in [0.15, 0.2) is 473 Å². The van der Waals surface area contributed by atoms with E-state index in [2.05, 4.69) is 493 Å². The number of hydrogen-bond donors (Lipinski definition) is 0. The summed E-state index contributed by atoms with van der Waals surface area (Å²) in [5, 5.41) is 0. The van der Waals surface area contributed by atoms with Gasteiger partial charge in [0.25, 0.3) is 0 Å². The van der Waals surface area contributed by atoms with Gasteiger partial charge in [-0.2, -0.15) is 0 Å². The number of rotatable bonds is 21. The first-order chi connectivity index (χ1) is 55.5. The Bertz CT molecular complexity index is 5520. The Balaban J connectivity index is 0.621. The Hall–Kier alpha value is -14.8. The lowest BCUT2D eigenvalue weighted by molar-refractivity contribution is 1.28. The van der Waals surface area contributed by atoms with Crippen molar-refractivity contribution in [2.75, 3.05) is 19.6 Å². The molecular weight excluding hydrogens is 1350 g/mol. The normalized spacial score (nSPS) is 11.0. The van der Waals surface area contributed by atoms with Gasteiger partial charge in [0.15, 0.2) is 0 Å². The third kappa shape index (κ3) is 15.0. The molecule has 0 fully saturated rings. The molecule has 0 saturated carbocycles. The van der Waals surface area contributed by atoms with Crippen molar-refractivity contribution in [3.05, 3.63) is 473 Å². The third-order valence-electron chi connectivity index (χ3n) is 21.1. The summed E-state index contributed by atoms with van der Waals surface area (Å²) in [5.74, 6) is 0. The van der Waals surface area contributed by atoms with Gasteiger partial charge >= 0.3 is 0 Å². The fourth-order valence-corrected chi connectivity index (χ4v) is 15.2. The molecule has 0 unspecified atom stereocenters. The molecular formula is C108H78N4. The molecule has 0 aromatic heterocycles. The van der Waals surface area contributed by atoms with E-state index in [0.29, 0.717) is 0 Å². The summed E-state index contributed by atoms with van der Waals surface area (Å²) in [5.41, 5.74) is 33.8. The minimum atomic E-state index is 1.06. The van der Waals surface area contributed by atoms with Gasteiger partial charge in [0.05, 0.1) is 0 Å². The highest BCUT2D eigenvalue weighted by molar-refractivity contribution is 5.88. The van der Waals surface area contributed by atoms with Crippen molar-refractivity contribution < 1.29 is 0 Å². The second kappa shape index (κ2) is 31.9. The largest absolute Gasteiger partial charge is 0.311 e. The van der Waals surface area contributed by atoms with Crippen LogP contribution in [0.2, 0.25) is 0 Å². The van der Waals surface area contributed by atoms with Crippen LogP contribution in [0, 0.1) is 0 Å². The second-order valence-corrected chi connectivity index (χ2v) is 28.1. The highest BCUT2D eigenvalue weighted by Crippen LogP contribution is 2.44. The maximum Gasteiger partial charge on any atom is 0.0462 e. The Morgan fingerprint density at radius 3 is 0.223 bits per heavy atom. The number of hydrogen-bond acceptors (Lipinski definition) is 4. The zero-order valence-corrected chi connectivity index (χ0v) is 61.8. The van der Waals surface area contributed by atoms with E-state index in [-0.39, 0.29) is 0 Å². The predicted molar refractivity (Wildman–Crippen MR) is 474 cm³/mol. The quantitative estimate of drug-likeness (QED) is 0.0711. The van der Waals surface area contributed by atoms with Crippen LogP contribution in [0.1, 0.15) is 0 Å². The lowest BCUT2D eigenvalue weighted by Gasteiger charge is -2.27. The first-order valence-electron chi connectivity index (χ1n) is 38.3. The van der Waals surface area contributed by atoms with Crippen LogP contribution in [0.5, 0.6) is 0 Å². The lowest BCUT2D eigenvalue weighted by atomic mass is 10.0. The molecule has 0 atom stereocenters. The Morgan fingerprint density at radius 2 is 0.143 bits per heavy atom. The first kappa shape index (κ1) is 68.9. The molecule has 112 heavy (non-hydrogen) atoms. The van der Waals surface area contributed by atoms with Gasteiger partial charge in [0.1, 0.15) is 0 Å². The van der Waals surface area contributed by atoms with E-state index in [1.165, 1.54) is 66.8 Å². The van der Waals surface area contributed by atoms with Crippen LogP contribution in [0.4, 0.5) is 68.2 Å². The van der Waals surface area contributed by atoms with E-state index >= 15 is 0 Å². The zero-order valence-electron chi connectivity index (χ0n) is 61.8. The van der Waals surface area contributed by atoms with Gasteiger partial charge < -0.3 is 19.6 Å². The van der Waals surface area contributed by atoms with E-state index in [9.17, 15) is 0 Å². The van der Waals surface area contributed by atoms with Gasteiger partial charge in [-0.3, -0.25) is 0 Å². The van der Waals surface area contributed by atoms with Gasteiger partial charge in [0.2, 0.25) is 0 Å². The monoisotopic (exact) mass is 1430 g/mol. The summed E-state index contributed by atoms with van der Waals surface area (Å²) >= 11 is 0. The van der Waals surface area contributed by atoms with E-state index in [1.54, 1.807) is 0 Å². The Kier molecular flexibility index (Phi) is 19.6. The highest BCUT2D eigenvalue weighted by atomic mass is 15.2. The van der Waals surface area contributed by atoms with E-state index in [4.69, 9.17) is 0 Å². The van der Waals surface area contributed by atoms with Crippen molar-refractivity contribution in [2.45, 2.75) is 0 Å². The fourth-order valence-electron chi connectivity index (χ4n) is 15.2. The second-order valence-electron chi connectivity index (χ2n) is 28.1. The van der Waals surface area contributed by atoms with Crippen molar-refractivity contribution in [2.24, 2.45) is 0 Å². The molecule has 0 radical (unpaired) electrons. The maximum atomic E-state index is 2.35. The zero-order chi connectivity index (χ0) is 74.8. The minimum Gasteiger partial charge on any atom is -0.311 e. The van der Waals surface area contributed by atoms with E-state index < -0.39 is 0 Å². The van der Waals surface area contributed by atoms with Gasteiger partial charge in [-0.25, -0.2) is 0 Å². The lowest BCUT2D eigenvalue weighted by Crippen LogP contribution is -2.10. The summed E-state index contributed by atoms with van der Waals surface area (Å²) in [6.45, 7) is 0. The molecule has 18 aromatic carbocycles. The van der Waals surface area contributed by atoms with Crippen molar-refractivity contribution in [3.8, 4) is 100 Å². The summed E-state index contributed by atoms with van der Waals surface area (Å²) in [7, 11) is 0. The molecule has 0 N–H and O–H groups in total. The van der Waals surface area contributed by atoms with Gasteiger partial charge in [-0.15, -0.1) is 0 Å². The van der Waals surface area contributed by atoms with Crippen LogP contribution in [0.25, 0.3) is 100 Å². The summed E-state index contributed by atoms with van der Waals surface area (Å²) < 4.78 is 0. The van der Waals surface area contributed by atoms with Crippen LogP contribution in [-0.2, 0) is 0 Å². The van der Waals surface area contributed by atoms with Crippen LogP contribution in [0.3, 0.4) is 0 Å². The fraction of sp³-hybridized carbons (Fsp3) is 0. The maximum absolute atomic E-state index is 2.35. The molecule has 0 amide bonds. The van der Waals surface area contributed by atoms with Gasteiger partial charge in [-0.05, 0) is 246 Å². The molecule has 18 rings (SSSR count). The molecule has 0 heterocycles. The molecule has 0 aliphatic carbocycles. The van der Waals surface area contributed by atoms with Crippen molar-refractivity contribution >= 4 is 68.2 Å². The number of nitrogens with zero attached hydrogens (tertiary/aromatic N) is 4. The molecule has 0 aliphatic heterocycles. The third-order valence-corrected chi connectivity index (χ3v) is 21.1. The Labute approximate surface area is 656 Å². The predicted octanol–water partition coefficient (Wildman–Crippen LogP) is 30.6. The average Bonchev–Trinajstić information content (AvgIpc) is 0.797. The SMILES string of the molecule is c1ccc(-c2ccc(N(c3ccc(-c4ccccc4)cc3)c3ccc(-c4ccc(N(c5ccc(-c6ccccc6)cc5)c5ccc(-c6ccc(N(c7ccc(-c8ccccc8)cc7)c7ccc(-c8ccc(N(c9ccc(-c%10ccccc%10)cc9)c9ccc(-c%10ccccc%10)cc9)cc8)cc7)cc6)cc5)cc4)cc3)cc2)cc1. The molecule has 0 bridgehead atoms. The van der Waals surface area contributed by atoms with Crippen molar-refractivity contribution in [1.29, 1.82) is 0 Å². The summed E-state index contributed by atoms with van der Waals surface area (Å²) in [4.78, 5) is 9.39. The topological polar surface area (TPSA) is 13.0 Å². The van der Waals surface area contributed by atoms with E-state index in [1.807, 2.05) is 0 Å². The van der Waals surface area contributed by atoms with Crippen molar-refractivity contribution in [3.63, 3.8) is 0 Å². The molecule has 4 heteroatoms. The Morgan fingerprint density at radius 1 is 0.0714 bits per heavy atom. The van der Waals surface area contributed by atoms with Crippen LogP contribution >= 0.6 is 0 Å². The smallest absolute Gasteiger partial charge is 0.0462 e. The summed E-state index contributed by atoms with van der Waals surface area (Å²) in [6, 6.07) is 171. The first-order valence-corrected chi connectivity index (χ1v) is 38.3. The average molecular weight is 1430 g/mol. The summed E-state index contributed by atoms with van der Waals surface area (Å²) in [6.07, 6.45) is 0. The minimum absolute atomic E-state index is 1.06. The van der Waals surface area contributed by atoms with E-state index in [0.717, 1.165) is 102 Å². The standard InChI is InChI=1S/C108H78N4/c1-7-19-79(20-8-1)85-31-55-97(56-32-85)109(98-57-33-86(34-58-98)80-21-9-2-10-22-80)103-67-43-91(44-68-103)93-47-71-105(72-48-93)111(101-63-39-89(40-64-101)83-27-15-5-16-28-83)107-75-51-95(52-76-107)96-53-77-108(78-54-96)112(102-65-41-90(42-66-102)84-29-17-6-18-30-84)106-73-49-94(50-74-106)92-45-69-104(70-46-92)110(99-59-35-87(36-60-99)81-23-11-3-12-24-81)100-61-37-88(38-62-100)82-25-13-4-14-26-82/h1-78H. The molecule has 0 saturated heterocycles. The highest BCUT2D eigenvalue weighted by Gasteiger charge is 2.20.